The highest BCUT2D eigenvalue weighted by molar-refractivity contribution is 8.13. The van der Waals surface area contributed by atoms with Crippen molar-refractivity contribution >= 4 is 76.3 Å². The van der Waals surface area contributed by atoms with Crippen molar-refractivity contribution in [2.45, 2.75) is 177 Å². The number of carbonyl (C=O) groups excluding carboxylic acids is 6. The van der Waals surface area contributed by atoms with E-state index in [9.17, 15) is 65.0 Å². The van der Waals surface area contributed by atoms with E-state index < -0.39 is 162 Å². The number of carbonyl (C=O) groups is 6. The van der Waals surface area contributed by atoms with Crippen LogP contribution in [0, 0.1) is 71.0 Å². The van der Waals surface area contributed by atoms with Gasteiger partial charge in [-0.15, -0.1) is 12.6 Å². The van der Waals surface area contributed by atoms with Gasteiger partial charge in [-0.05, 0) is 149 Å². The summed E-state index contributed by atoms with van der Waals surface area (Å²) in [6.07, 6.45) is 0.779. The number of rotatable bonds is 10. The summed E-state index contributed by atoms with van der Waals surface area (Å²) in [4.78, 5) is 77.1. The molecule has 2 aromatic rings. The fourth-order valence-corrected chi connectivity index (χ4v) is 20.0. The number of ether oxygens (including phenoxy) is 2. The van der Waals surface area contributed by atoms with Crippen LogP contribution in [0.15, 0.2) is 106 Å². The Bertz CT molecular complexity index is 3160. The number of thiol groups is 1. The van der Waals surface area contributed by atoms with Crippen LogP contribution < -0.4 is 0 Å². The van der Waals surface area contributed by atoms with Crippen molar-refractivity contribution in [2.75, 3.05) is 12.0 Å². The predicted octanol–water partition coefficient (Wildman–Crippen LogP) is 13.7. The zero-order valence-electron chi connectivity index (χ0n) is 50.7. The van der Waals surface area contributed by atoms with Crippen LogP contribution in [-0.2, 0) is 49.1 Å². The topological polar surface area (TPSA) is 161 Å². The molecule has 11 unspecified atom stereocenters. The first-order valence-electron chi connectivity index (χ1n) is 29.4. The second kappa shape index (κ2) is 25.8. The highest BCUT2D eigenvalue weighted by atomic mass is 32.2. The molecular weight excluding hydrogens is 1230 g/mol. The highest BCUT2D eigenvalue weighted by Gasteiger charge is 2.80. The second-order valence-electron chi connectivity index (χ2n) is 25.5. The molecule has 10 nitrogen and oxygen atoms in total. The molecule has 0 saturated heterocycles. The minimum absolute atomic E-state index is 0.0141. The third-order valence-electron chi connectivity index (χ3n) is 21.0. The summed E-state index contributed by atoms with van der Waals surface area (Å²) in [7, 11) is -6.45. The summed E-state index contributed by atoms with van der Waals surface area (Å²) in [6.45, 7) is 17.2. The molecule has 0 aliphatic heterocycles. The van der Waals surface area contributed by atoms with Crippen molar-refractivity contribution in [1.82, 2.24) is 0 Å². The van der Waals surface area contributed by atoms with Gasteiger partial charge in [-0.3, -0.25) is 28.8 Å². The lowest BCUT2D eigenvalue weighted by molar-refractivity contribution is -0.228. The van der Waals surface area contributed by atoms with Crippen LogP contribution in [0.4, 0.5) is 43.6 Å². The standard InChI is InChI=1S/C25H31F3O5S.C24H30F2O5S.C15H16FS.BF4/c1-5-20(31)33-25(21(32)34-12-26)13(2)8-15-16-10-18(27)17-9-14(29)6-7-22(17,3)24(16,28)19(30)11-23(15,25)4;1-5-19(29)31-24(20(30)32)12(2)8-14-15-10-17(25)16-9-13(27)6-7-21(16,3)23(15,26)18(28)11-22(14,24)4;1-12-8-9-13(2)15(10-12)17(11-16)14-6-4-3-5-7-14;2-1(3,4)5/h6-7,9,13,15-16,18-19,30H,5,8,10-12H2,1-4H3;6-7,9,12,14-15,17-18,28H,5,8,10-11H2,1-4H3,(H,30,32);3-10H,11H2,1-2H3;/q;;+1;-1/t13-,15?,16?,18-,19?,22?,23?,24-,25-;12-,14?,15?,17-,18?,21?,22?,23-,24+;;/m11../s1. The summed E-state index contributed by atoms with van der Waals surface area (Å²) < 4.78 is 142. The molecule has 88 heavy (non-hydrogen) atoms. The van der Waals surface area contributed by atoms with E-state index in [1.807, 2.05) is 44.2 Å². The Labute approximate surface area is 519 Å². The Kier molecular flexibility index (Phi) is 20.8. The maximum atomic E-state index is 17.2. The predicted molar refractivity (Wildman–Crippen MR) is 320 cm³/mol. The SMILES string of the molecule is CCC(=O)O[C@@]1(C(=O)SCF)[C@H](C)CC2C3C[C@@H](F)C4=CC(=O)C=CC4(C)[C@]3(F)C(O)CC21C.CCC(=O)O[C@]1(C(=O)S)[C@H](C)CC2C3C[C@@H](F)C4=CC(=O)C=CC4(C)[C@]3(F)C(O)CC21C.Cc1ccc(C)c([S+](CF)c2ccccc2)c1.F[B-](F)(F)F. The number of aliphatic hydroxyl groups excluding tert-OH is 2. The average Bonchev–Trinajstić information content (AvgIpc) is 1.32. The maximum absolute atomic E-state index is 17.2. The molecule has 0 radical (unpaired) electrons. The number of halogens is 10. The van der Waals surface area contributed by atoms with Gasteiger partial charge in [0.25, 0.3) is 6.01 Å². The van der Waals surface area contributed by atoms with Gasteiger partial charge in [0.2, 0.25) is 10.2 Å². The smallest absolute Gasteiger partial charge is 0.449 e. The average molecular weight is 1300 g/mol. The molecule has 8 aliphatic rings. The first-order chi connectivity index (χ1) is 40.8. The molecule has 0 aromatic heterocycles. The molecule has 10 rings (SSSR count). The molecule has 484 valence electrons. The number of aliphatic hydroxyl groups is 2. The van der Waals surface area contributed by atoms with Gasteiger partial charge in [0.05, 0.1) is 23.1 Å². The zero-order valence-corrected chi connectivity index (χ0v) is 53.2. The van der Waals surface area contributed by atoms with Gasteiger partial charge >= 0.3 is 19.2 Å². The monoisotopic (exact) mass is 1300 g/mol. The molecule has 2 N–H and O–H groups in total. The molecule has 0 spiro atoms. The van der Waals surface area contributed by atoms with E-state index in [-0.39, 0.29) is 62.1 Å². The first kappa shape index (κ1) is 70.8. The molecule has 0 amide bonds. The van der Waals surface area contributed by atoms with Crippen molar-refractivity contribution in [3.05, 3.63) is 107 Å². The molecule has 24 heteroatoms. The van der Waals surface area contributed by atoms with Crippen LogP contribution in [0.1, 0.15) is 118 Å². The lowest BCUT2D eigenvalue weighted by atomic mass is 9.44. The summed E-state index contributed by atoms with van der Waals surface area (Å²) >= 11 is 4.48. The molecule has 0 heterocycles. The molecule has 8 aliphatic carbocycles. The lowest BCUT2D eigenvalue weighted by Gasteiger charge is -2.63. The van der Waals surface area contributed by atoms with Crippen LogP contribution in [0.5, 0.6) is 0 Å². The molecule has 6 fully saturated rings. The first-order valence-corrected chi connectivity index (χ1v) is 32.3. The normalized spacial score (nSPS) is 39.4. The fraction of sp³-hybridized carbons (Fsp3) is 0.594. The Morgan fingerprint density at radius 1 is 0.682 bits per heavy atom. The number of hydrogen-bond acceptors (Lipinski definition) is 11. The Morgan fingerprint density at radius 2 is 1.10 bits per heavy atom. The number of alkyl halides is 6. The van der Waals surface area contributed by atoms with Crippen LogP contribution in [0.3, 0.4) is 0 Å². The number of esters is 2. The third kappa shape index (κ3) is 11.5. The van der Waals surface area contributed by atoms with Crippen LogP contribution in [0.2, 0.25) is 0 Å². The Hall–Kier alpha value is -4.65. The van der Waals surface area contributed by atoms with Crippen molar-refractivity contribution < 1.29 is 92.1 Å². The van der Waals surface area contributed by atoms with Crippen molar-refractivity contribution in [3.63, 3.8) is 0 Å². The van der Waals surface area contributed by atoms with E-state index in [4.69, 9.17) is 9.47 Å². The van der Waals surface area contributed by atoms with Crippen molar-refractivity contribution in [1.29, 1.82) is 0 Å². The summed E-state index contributed by atoms with van der Waals surface area (Å²) in [5.41, 5.74) is -10.9. The quantitative estimate of drug-likeness (QED) is 0.0683. The van der Waals surface area contributed by atoms with Crippen molar-refractivity contribution in [3.8, 4) is 0 Å². The molecule has 6 saturated carbocycles. The van der Waals surface area contributed by atoms with Gasteiger partial charge in [-0.1, -0.05) is 84.0 Å². The minimum Gasteiger partial charge on any atom is -0.449 e. The summed E-state index contributed by atoms with van der Waals surface area (Å²) in [5.74, 6) is -6.24. The molecular formula is C64H77BF10O10S3. The van der Waals surface area contributed by atoms with E-state index >= 15 is 17.6 Å². The van der Waals surface area contributed by atoms with Crippen LogP contribution in [-0.4, -0.2) is 110 Å². The van der Waals surface area contributed by atoms with Gasteiger partial charge < -0.3 is 36.9 Å². The van der Waals surface area contributed by atoms with E-state index in [1.54, 1.807) is 41.5 Å². The van der Waals surface area contributed by atoms with E-state index in [1.165, 1.54) is 49.3 Å². The summed E-state index contributed by atoms with van der Waals surface area (Å²) in [6, 6.07) is 14.8. The van der Waals surface area contributed by atoms with Gasteiger partial charge in [0, 0.05) is 63.7 Å². The van der Waals surface area contributed by atoms with Crippen molar-refractivity contribution in [2.24, 2.45) is 57.2 Å². The van der Waals surface area contributed by atoms with Gasteiger partial charge in [0.15, 0.2) is 43.9 Å². The Morgan fingerprint density at radius 3 is 1.51 bits per heavy atom. The molecule has 0 bridgehead atoms. The van der Waals surface area contributed by atoms with E-state index in [0.29, 0.717) is 18.2 Å². The van der Waals surface area contributed by atoms with Gasteiger partial charge in [-0.25, -0.2) is 22.0 Å². The number of allylic oxidation sites excluding steroid dienone is 8. The summed E-state index contributed by atoms with van der Waals surface area (Å²) in [5, 5.41) is 21.4. The van der Waals surface area contributed by atoms with E-state index in [2.05, 4.69) is 30.8 Å². The number of ketones is 2. The number of fused-ring (bicyclic) bond motifs is 10. The maximum Gasteiger partial charge on any atom is 0.673 e. The zero-order chi connectivity index (χ0) is 65.9. The van der Waals surface area contributed by atoms with Crippen LogP contribution >= 0.6 is 24.4 Å². The van der Waals surface area contributed by atoms with Gasteiger partial charge in [0.1, 0.15) is 18.3 Å². The molecule has 2 aromatic carbocycles. The number of thioether (sulfide) groups is 1. The highest BCUT2D eigenvalue weighted by Crippen LogP contribution is 2.74. The fourth-order valence-electron chi connectivity index (χ4n) is 16.9. The van der Waals surface area contributed by atoms with Gasteiger partial charge in [-0.2, -0.15) is 4.39 Å². The third-order valence-corrected chi connectivity index (χ3v) is 24.1. The minimum atomic E-state index is -6.00. The number of benzene rings is 2. The number of aryl methyl sites for hydroxylation is 2. The second-order valence-corrected chi connectivity index (χ2v) is 28.7. The van der Waals surface area contributed by atoms with E-state index in [0.717, 1.165) is 21.9 Å². The largest absolute Gasteiger partial charge is 0.673 e. The Balaban J connectivity index is 0.000000189. The molecule has 19 atom stereocenters. The lowest BCUT2D eigenvalue weighted by Crippen LogP contribution is -2.70. The number of hydrogen-bond donors (Lipinski definition) is 3. The van der Waals surface area contributed by atoms with Crippen LogP contribution in [0.25, 0.3) is 0 Å².